The molecule has 2 aliphatic rings. The van der Waals surface area contributed by atoms with Gasteiger partial charge in [0.15, 0.2) is 0 Å². The zero-order chi connectivity index (χ0) is 38.9. The Morgan fingerprint density at radius 1 is 0.362 bits per heavy atom. The summed E-state index contributed by atoms with van der Waals surface area (Å²) < 4.78 is 6.39. The van der Waals surface area contributed by atoms with Gasteiger partial charge in [-0.05, 0) is 132 Å². The average molecular weight is 744 g/mol. The van der Waals surface area contributed by atoms with Crippen molar-refractivity contribution in [3.05, 3.63) is 198 Å². The van der Waals surface area contributed by atoms with Crippen LogP contribution < -0.4 is 4.90 Å². The fraction of sp³-hybridized carbons (Fsp3) is 0.107. The molecule has 0 bridgehead atoms. The molecule has 1 heterocycles. The summed E-state index contributed by atoms with van der Waals surface area (Å²) in [5.74, 6) is 0. The summed E-state index contributed by atoms with van der Waals surface area (Å²) in [5, 5.41) is 7.54. The van der Waals surface area contributed by atoms with E-state index in [1.54, 1.807) is 0 Å². The van der Waals surface area contributed by atoms with Gasteiger partial charge in [-0.25, -0.2) is 0 Å². The van der Waals surface area contributed by atoms with Gasteiger partial charge in [0, 0.05) is 38.7 Å². The number of nitrogens with zero attached hydrogens (tertiary/aromatic N) is 1. The molecule has 58 heavy (non-hydrogen) atoms. The van der Waals surface area contributed by atoms with E-state index in [0.717, 1.165) is 33.6 Å². The van der Waals surface area contributed by atoms with Gasteiger partial charge in [-0.2, -0.15) is 0 Å². The highest BCUT2D eigenvalue weighted by Crippen LogP contribution is 2.55. The quantitative estimate of drug-likeness (QED) is 0.178. The number of fused-ring (bicyclic) bond motifs is 13. The number of benzene rings is 9. The van der Waals surface area contributed by atoms with Gasteiger partial charge < -0.3 is 9.32 Å². The number of hydrogen-bond donors (Lipinski definition) is 0. The van der Waals surface area contributed by atoms with Crippen LogP contribution in [0.15, 0.2) is 180 Å². The highest BCUT2D eigenvalue weighted by molar-refractivity contribution is 6.08. The Kier molecular flexibility index (Phi) is 6.78. The Morgan fingerprint density at radius 3 is 1.74 bits per heavy atom. The van der Waals surface area contributed by atoms with E-state index in [1.807, 2.05) is 6.07 Å². The fourth-order valence-corrected chi connectivity index (χ4v) is 10.6. The van der Waals surface area contributed by atoms with Crippen LogP contribution in [0.5, 0.6) is 0 Å². The maximum atomic E-state index is 6.39. The predicted molar refractivity (Wildman–Crippen MR) is 244 cm³/mol. The third kappa shape index (κ3) is 4.60. The minimum atomic E-state index is -0.217. The van der Waals surface area contributed by atoms with Crippen molar-refractivity contribution in [3.8, 4) is 33.4 Å². The molecule has 0 saturated heterocycles. The van der Waals surface area contributed by atoms with Crippen LogP contribution in [0.2, 0.25) is 0 Å². The Labute approximate surface area is 338 Å². The first kappa shape index (κ1) is 33.3. The summed E-state index contributed by atoms with van der Waals surface area (Å²) >= 11 is 0. The van der Waals surface area contributed by atoms with Crippen molar-refractivity contribution < 1.29 is 4.42 Å². The highest BCUT2D eigenvalue weighted by Gasteiger charge is 2.39. The second-order valence-corrected chi connectivity index (χ2v) is 17.3. The van der Waals surface area contributed by atoms with E-state index < -0.39 is 0 Å². The molecule has 0 N–H and O–H groups in total. The maximum Gasteiger partial charge on any atom is 0.135 e. The van der Waals surface area contributed by atoms with Gasteiger partial charge in [0.25, 0.3) is 0 Å². The van der Waals surface area contributed by atoms with Crippen LogP contribution in [0, 0.1) is 0 Å². The van der Waals surface area contributed by atoms with E-state index in [1.165, 1.54) is 82.6 Å². The van der Waals surface area contributed by atoms with E-state index >= 15 is 0 Å². The second-order valence-electron chi connectivity index (χ2n) is 17.3. The summed E-state index contributed by atoms with van der Waals surface area (Å²) in [7, 11) is 0. The molecule has 0 amide bonds. The van der Waals surface area contributed by atoms with Crippen molar-refractivity contribution >= 4 is 60.5 Å². The zero-order valence-corrected chi connectivity index (χ0v) is 33.1. The van der Waals surface area contributed by atoms with Gasteiger partial charge in [-0.15, -0.1) is 0 Å². The van der Waals surface area contributed by atoms with E-state index in [0.29, 0.717) is 0 Å². The van der Waals surface area contributed by atoms with Crippen LogP contribution >= 0.6 is 0 Å². The number of anilines is 3. The molecule has 2 heteroatoms. The van der Waals surface area contributed by atoms with Crippen LogP contribution in [0.1, 0.15) is 49.9 Å². The molecule has 10 aromatic rings. The highest BCUT2D eigenvalue weighted by atomic mass is 16.3. The molecule has 276 valence electrons. The van der Waals surface area contributed by atoms with Crippen LogP contribution in [0.3, 0.4) is 0 Å². The molecule has 0 aliphatic heterocycles. The van der Waals surface area contributed by atoms with Gasteiger partial charge >= 0.3 is 0 Å². The van der Waals surface area contributed by atoms with Gasteiger partial charge in [-0.3, -0.25) is 0 Å². The van der Waals surface area contributed by atoms with Crippen LogP contribution in [-0.4, -0.2) is 0 Å². The average Bonchev–Trinajstić information content (AvgIpc) is 3.82. The van der Waals surface area contributed by atoms with Gasteiger partial charge in [0.1, 0.15) is 11.2 Å². The summed E-state index contributed by atoms with van der Waals surface area (Å²) in [6.07, 6.45) is 0. The zero-order valence-electron chi connectivity index (χ0n) is 33.1. The largest absolute Gasteiger partial charge is 0.456 e. The lowest BCUT2D eigenvalue weighted by molar-refractivity contribution is 0.647. The molecular weight excluding hydrogens is 703 g/mol. The van der Waals surface area contributed by atoms with Crippen molar-refractivity contribution in [2.24, 2.45) is 0 Å². The van der Waals surface area contributed by atoms with Crippen molar-refractivity contribution in [1.82, 2.24) is 0 Å². The summed E-state index contributed by atoms with van der Waals surface area (Å²) in [6, 6.07) is 65.0. The first-order valence-electron chi connectivity index (χ1n) is 20.4. The number of rotatable bonds is 4. The second kappa shape index (κ2) is 11.8. The Balaban J connectivity index is 1.02. The third-order valence-corrected chi connectivity index (χ3v) is 13.4. The van der Waals surface area contributed by atoms with Crippen LogP contribution in [-0.2, 0) is 10.8 Å². The molecule has 1 aromatic heterocycles. The van der Waals surface area contributed by atoms with E-state index in [-0.39, 0.29) is 10.8 Å². The first-order chi connectivity index (χ1) is 28.3. The Hall–Kier alpha value is -6.90. The molecule has 0 atom stereocenters. The molecular formula is C56H41NO. The molecule has 0 spiro atoms. The summed E-state index contributed by atoms with van der Waals surface area (Å²) in [6.45, 7) is 9.52. The van der Waals surface area contributed by atoms with Gasteiger partial charge in [-0.1, -0.05) is 149 Å². The van der Waals surface area contributed by atoms with E-state index in [2.05, 4.69) is 202 Å². The lowest BCUT2D eigenvalue weighted by Gasteiger charge is -2.29. The van der Waals surface area contributed by atoms with Crippen molar-refractivity contribution in [1.29, 1.82) is 0 Å². The lowest BCUT2D eigenvalue weighted by Crippen LogP contribution is -2.17. The Morgan fingerprint density at radius 2 is 0.948 bits per heavy atom. The van der Waals surface area contributed by atoms with E-state index in [4.69, 9.17) is 4.42 Å². The van der Waals surface area contributed by atoms with Gasteiger partial charge in [0.2, 0.25) is 0 Å². The third-order valence-electron chi connectivity index (χ3n) is 13.4. The number of para-hydroxylation sites is 1. The maximum absolute atomic E-state index is 6.39. The van der Waals surface area contributed by atoms with Crippen molar-refractivity contribution in [2.45, 2.75) is 38.5 Å². The molecule has 0 radical (unpaired) electrons. The van der Waals surface area contributed by atoms with Gasteiger partial charge in [0.05, 0.1) is 0 Å². The van der Waals surface area contributed by atoms with Crippen LogP contribution in [0.25, 0.3) is 76.9 Å². The minimum absolute atomic E-state index is 0.145. The molecule has 0 fully saturated rings. The fourth-order valence-electron chi connectivity index (χ4n) is 10.6. The van der Waals surface area contributed by atoms with E-state index in [9.17, 15) is 0 Å². The molecule has 0 unspecified atom stereocenters. The van der Waals surface area contributed by atoms with Crippen molar-refractivity contribution in [2.75, 3.05) is 4.90 Å². The SMILES string of the molecule is CC1(C)c2cc(N(c3ccc(-c4ccccc4)cc3)c3ccc4c5c(ccc4c3)-c3ccc4ccccc4c3C5(C)C)ccc2-c2cc3c(cc21)oc1ccccc13. The number of furan rings is 1. The summed E-state index contributed by atoms with van der Waals surface area (Å²) in [5.41, 5.74) is 18.1. The smallest absolute Gasteiger partial charge is 0.135 e. The molecule has 9 aromatic carbocycles. The van der Waals surface area contributed by atoms with Crippen LogP contribution in [0.4, 0.5) is 17.1 Å². The predicted octanol–water partition coefficient (Wildman–Crippen LogP) is 15.6. The lowest BCUT2D eigenvalue weighted by atomic mass is 9.78. The molecule has 0 saturated carbocycles. The summed E-state index contributed by atoms with van der Waals surface area (Å²) in [4.78, 5) is 2.44. The monoisotopic (exact) mass is 743 g/mol. The normalized spacial score (nSPS) is 14.5. The topological polar surface area (TPSA) is 16.4 Å². The van der Waals surface area contributed by atoms with Crippen molar-refractivity contribution in [3.63, 3.8) is 0 Å². The Bertz CT molecular complexity index is 3330. The number of hydrogen-bond acceptors (Lipinski definition) is 2. The standard InChI is InChI=1S/C56H41NO/c1-55(2)49-31-40(25-29-43(49)47-32-48-44-16-10-11-17-51(44)58-52(48)33-50(47)55)57(38-22-18-35(19-23-38)34-12-6-5-7-13-34)39-24-28-42-37(30-39)21-27-46-45-26-20-36-14-8-9-15-41(36)53(45)56(3,4)54(42)46/h5-33H,1-4H3. The molecule has 12 rings (SSSR count). The molecule has 2 nitrogen and oxygen atoms in total. The first-order valence-corrected chi connectivity index (χ1v) is 20.4. The minimum Gasteiger partial charge on any atom is -0.456 e. The molecule has 2 aliphatic carbocycles.